The minimum atomic E-state index is -4.02. The molecule has 3 aromatic rings. The van der Waals surface area contributed by atoms with Crippen molar-refractivity contribution in [1.29, 1.82) is 5.41 Å². The molecule has 0 aliphatic carbocycles. The molecule has 11 heteroatoms. The van der Waals surface area contributed by atoms with Crippen molar-refractivity contribution in [1.82, 2.24) is 5.32 Å². The van der Waals surface area contributed by atoms with Crippen LogP contribution in [0.1, 0.15) is 42.9 Å². The van der Waals surface area contributed by atoms with E-state index in [-0.39, 0.29) is 28.9 Å². The van der Waals surface area contributed by atoms with Crippen LogP contribution in [0.3, 0.4) is 0 Å². The van der Waals surface area contributed by atoms with Crippen molar-refractivity contribution in [3.8, 4) is 0 Å². The van der Waals surface area contributed by atoms with Crippen molar-refractivity contribution in [2.75, 3.05) is 10.0 Å². The zero-order chi connectivity index (χ0) is 27.0. The van der Waals surface area contributed by atoms with Crippen LogP contribution in [0, 0.1) is 5.41 Å². The van der Waals surface area contributed by atoms with Crippen LogP contribution in [0.2, 0.25) is 0 Å². The molecule has 10 nitrogen and oxygen atoms in total. The first kappa shape index (κ1) is 27.2. The van der Waals surface area contributed by atoms with Gasteiger partial charge < -0.3 is 21.5 Å². The van der Waals surface area contributed by atoms with Gasteiger partial charge in [0.2, 0.25) is 5.91 Å². The van der Waals surface area contributed by atoms with Crippen molar-refractivity contribution in [2.45, 2.75) is 36.6 Å². The summed E-state index contributed by atoms with van der Waals surface area (Å²) in [5.41, 5.74) is 7.10. The lowest BCUT2D eigenvalue weighted by atomic mass is 9.94. The Morgan fingerprint density at radius 2 is 1.59 bits per heavy atom. The van der Waals surface area contributed by atoms with Gasteiger partial charge in [-0.25, -0.2) is 8.42 Å². The van der Waals surface area contributed by atoms with E-state index in [2.05, 4.69) is 15.4 Å². The molecule has 2 unspecified atom stereocenters. The largest absolute Gasteiger partial charge is 0.481 e. The van der Waals surface area contributed by atoms with E-state index in [1.54, 1.807) is 18.2 Å². The van der Waals surface area contributed by atoms with Crippen LogP contribution in [0.5, 0.6) is 0 Å². The second-order valence-electron chi connectivity index (χ2n) is 8.33. The number of carbonyl (C=O) groups is 2. The topological polar surface area (TPSA) is 174 Å². The first-order valence-corrected chi connectivity index (χ1v) is 13.0. The molecule has 0 bridgehead atoms. The number of aliphatic carboxylic acids is 1. The Morgan fingerprint density at radius 3 is 2.24 bits per heavy atom. The van der Waals surface area contributed by atoms with Crippen LogP contribution in [0.4, 0.5) is 11.4 Å². The Hall–Kier alpha value is -4.38. The quantitative estimate of drug-likeness (QED) is 0.164. The van der Waals surface area contributed by atoms with E-state index < -0.39 is 28.0 Å². The molecule has 3 aromatic carbocycles. The molecule has 0 saturated carbocycles. The normalized spacial score (nSPS) is 12.7. The number of carboxylic acid groups (broad SMARTS) is 1. The Kier molecular flexibility index (Phi) is 8.86. The summed E-state index contributed by atoms with van der Waals surface area (Å²) >= 11 is 0. The zero-order valence-corrected chi connectivity index (χ0v) is 21.0. The number of carbonyl (C=O) groups excluding carboxylic acids is 1. The molecule has 0 radical (unpaired) electrons. The van der Waals surface area contributed by atoms with Gasteiger partial charge in [-0.3, -0.25) is 19.7 Å². The summed E-state index contributed by atoms with van der Waals surface area (Å²) in [6, 6.07) is 20.3. The number of carboxylic acids is 1. The highest BCUT2D eigenvalue weighted by molar-refractivity contribution is 7.92. The van der Waals surface area contributed by atoms with Crippen LogP contribution in [0.25, 0.3) is 0 Å². The van der Waals surface area contributed by atoms with Gasteiger partial charge in [-0.1, -0.05) is 55.5 Å². The number of benzene rings is 3. The minimum Gasteiger partial charge on any atom is -0.481 e. The summed E-state index contributed by atoms with van der Waals surface area (Å²) in [5, 5.41) is 22.2. The first-order chi connectivity index (χ1) is 17.6. The van der Waals surface area contributed by atoms with Gasteiger partial charge >= 0.3 is 5.97 Å². The summed E-state index contributed by atoms with van der Waals surface area (Å²) in [6.07, 6.45) is 0.138. The predicted molar refractivity (Wildman–Crippen MR) is 142 cm³/mol. The fraction of sp³-hybridized carbons (Fsp3) is 0.192. The summed E-state index contributed by atoms with van der Waals surface area (Å²) in [7, 11) is -4.02. The van der Waals surface area contributed by atoms with Gasteiger partial charge in [0.05, 0.1) is 23.3 Å². The van der Waals surface area contributed by atoms with Crippen LogP contribution in [0.15, 0.2) is 83.8 Å². The van der Waals surface area contributed by atoms with E-state index in [0.29, 0.717) is 17.7 Å². The summed E-state index contributed by atoms with van der Waals surface area (Å²) < 4.78 is 28.4. The second-order valence-corrected chi connectivity index (χ2v) is 10.0. The van der Waals surface area contributed by atoms with Crippen molar-refractivity contribution in [3.63, 3.8) is 0 Å². The molecule has 0 aliphatic heterocycles. The third kappa shape index (κ3) is 7.55. The van der Waals surface area contributed by atoms with E-state index in [1.807, 2.05) is 37.3 Å². The van der Waals surface area contributed by atoms with Gasteiger partial charge in [0.25, 0.3) is 10.0 Å². The molecule has 3 rings (SSSR count). The molecule has 194 valence electrons. The molecule has 2 atom stereocenters. The standard InChI is InChI=1S/C26H29N5O5S/c1-2-22(17-8-4-3-5-9-17)25(34)30-23(16-24(32)33)18-10-6-12-20(14-18)31-37(35,36)21-13-7-11-19(15-21)29-26(27)28/h3-15,22-23,31H,2,16H2,1H3,(H,30,34)(H,32,33)(H4,27,28,29). The minimum absolute atomic E-state index is 0.0619. The number of rotatable bonds is 11. The number of sulfonamides is 1. The summed E-state index contributed by atoms with van der Waals surface area (Å²) in [5.74, 6) is -2.23. The van der Waals surface area contributed by atoms with Crippen LogP contribution in [-0.4, -0.2) is 31.4 Å². The Morgan fingerprint density at radius 1 is 0.946 bits per heavy atom. The molecule has 0 aromatic heterocycles. The maximum Gasteiger partial charge on any atom is 0.305 e. The van der Waals surface area contributed by atoms with Crippen LogP contribution < -0.4 is 21.1 Å². The number of nitrogens with two attached hydrogens (primary N) is 1. The van der Waals surface area contributed by atoms with E-state index in [1.165, 1.54) is 30.3 Å². The number of hydrogen-bond donors (Lipinski definition) is 6. The van der Waals surface area contributed by atoms with Crippen molar-refractivity contribution in [2.24, 2.45) is 5.73 Å². The number of amides is 1. The van der Waals surface area contributed by atoms with Crippen molar-refractivity contribution >= 4 is 39.2 Å². The average Bonchev–Trinajstić information content (AvgIpc) is 2.84. The van der Waals surface area contributed by atoms with Gasteiger partial charge in [0, 0.05) is 11.4 Å². The van der Waals surface area contributed by atoms with Gasteiger partial charge in [-0.15, -0.1) is 0 Å². The number of nitrogens with one attached hydrogen (secondary N) is 4. The number of hydrogen-bond acceptors (Lipinski definition) is 5. The molecular weight excluding hydrogens is 494 g/mol. The highest BCUT2D eigenvalue weighted by Crippen LogP contribution is 2.26. The zero-order valence-electron chi connectivity index (χ0n) is 20.1. The number of guanidine groups is 1. The third-order valence-electron chi connectivity index (χ3n) is 5.59. The molecule has 0 fully saturated rings. The molecule has 0 heterocycles. The number of anilines is 2. The van der Waals surface area contributed by atoms with Gasteiger partial charge in [0.1, 0.15) is 0 Å². The lowest BCUT2D eigenvalue weighted by molar-refractivity contribution is -0.137. The average molecular weight is 524 g/mol. The fourth-order valence-corrected chi connectivity index (χ4v) is 4.98. The lowest BCUT2D eigenvalue weighted by Gasteiger charge is -2.22. The van der Waals surface area contributed by atoms with Crippen LogP contribution >= 0.6 is 0 Å². The van der Waals surface area contributed by atoms with Gasteiger partial charge in [-0.2, -0.15) is 0 Å². The van der Waals surface area contributed by atoms with E-state index >= 15 is 0 Å². The highest BCUT2D eigenvalue weighted by atomic mass is 32.2. The Bertz CT molecular complexity index is 1380. The third-order valence-corrected chi connectivity index (χ3v) is 6.97. The Labute approximate surface area is 215 Å². The molecule has 0 spiro atoms. The van der Waals surface area contributed by atoms with E-state index in [9.17, 15) is 23.1 Å². The maximum atomic E-state index is 13.1. The Balaban J connectivity index is 1.84. The van der Waals surface area contributed by atoms with E-state index in [4.69, 9.17) is 11.1 Å². The van der Waals surface area contributed by atoms with Crippen LogP contribution in [-0.2, 0) is 19.6 Å². The summed E-state index contributed by atoms with van der Waals surface area (Å²) in [4.78, 5) is 24.6. The fourth-order valence-electron chi connectivity index (χ4n) is 3.89. The molecular formula is C26H29N5O5S. The van der Waals surface area contributed by atoms with Gasteiger partial charge in [0.15, 0.2) is 5.96 Å². The molecule has 7 N–H and O–H groups in total. The first-order valence-electron chi connectivity index (χ1n) is 11.5. The van der Waals surface area contributed by atoms with Crippen molar-refractivity contribution < 1.29 is 23.1 Å². The van der Waals surface area contributed by atoms with Gasteiger partial charge in [-0.05, 0) is 47.9 Å². The predicted octanol–water partition coefficient (Wildman–Crippen LogP) is 3.62. The monoisotopic (exact) mass is 523 g/mol. The molecule has 37 heavy (non-hydrogen) atoms. The molecule has 0 saturated heterocycles. The lowest BCUT2D eigenvalue weighted by Crippen LogP contribution is -2.34. The smallest absolute Gasteiger partial charge is 0.305 e. The second kappa shape index (κ2) is 12.0. The molecule has 1 amide bonds. The van der Waals surface area contributed by atoms with Crippen molar-refractivity contribution in [3.05, 3.63) is 90.0 Å². The van der Waals surface area contributed by atoms with E-state index in [0.717, 1.165) is 5.56 Å². The maximum absolute atomic E-state index is 13.1. The molecule has 0 aliphatic rings. The highest BCUT2D eigenvalue weighted by Gasteiger charge is 2.25. The summed E-state index contributed by atoms with van der Waals surface area (Å²) in [6.45, 7) is 1.87. The SMILES string of the molecule is CCC(C(=O)NC(CC(=O)O)c1cccc(NS(=O)(=O)c2cccc(NC(=N)N)c2)c1)c1ccccc1.